The molecule has 44 heavy (non-hydrogen) atoms. The Labute approximate surface area is 265 Å². The largest absolute Gasteiger partial charge is 0.657 e. The minimum absolute atomic E-state index is 0. The van der Waals surface area contributed by atoms with E-state index in [0.29, 0.717) is 39.1 Å². The molecule has 0 unspecified atom stereocenters. The van der Waals surface area contributed by atoms with Crippen LogP contribution in [0, 0.1) is 13.8 Å². The van der Waals surface area contributed by atoms with Crippen molar-refractivity contribution >= 4 is 51.2 Å². The zero-order valence-corrected chi connectivity index (χ0v) is 26.1. The summed E-state index contributed by atoms with van der Waals surface area (Å²) in [6, 6.07) is 7.21. The summed E-state index contributed by atoms with van der Waals surface area (Å²) in [4.78, 5) is 43.7. The third kappa shape index (κ3) is 4.65. The molecule has 2 N–H and O–H groups in total. The van der Waals surface area contributed by atoms with E-state index in [1.165, 1.54) is 0 Å². The van der Waals surface area contributed by atoms with E-state index < -0.39 is 23.1 Å². The topological polar surface area (TPSA) is 138 Å². The SMILES string of the molecule is C=CC1=C(C)c2cc3[n-]c(cc4nc(cc5[n-]c(cc1n2)c(C)c5C=C)[C@](C)(O)[C@]41CCC(=O)O1)c(CCC(=O)O)c3C.[Fe]. The number of carboxylic acid groups (broad SMARTS) is 1. The Morgan fingerprint density at radius 2 is 1.64 bits per heavy atom. The van der Waals surface area contributed by atoms with Gasteiger partial charge in [-0.05, 0) is 45.3 Å². The summed E-state index contributed by atoms with van der Waals surface area (Å²) < 4.78 is 5.89. The second-order valence-electron chi connectivity index (χ2n) is 11.5. The molecule has 6 rings (SSSR count). The average Bonchev–Trinajstić information content (AvgIpc) is 3.69. The summed E-state index contributed by atoms with van der Waals surface area (Å²) in [7, 11) is 0. The van der Waals surface area contributed by atoms with E-state index in [4.69, 9.17) is 24.7 Å². The van der Waals surface area contributed by atoms with Crippen molar-refractivity contribution in [1.82, 2.24) is 19.9 Å². The number of aliphatic carboxylic acids is 1. The summed E-state index contributed by atoms with van der Waals surface area (Å²) in [5.74, 6) is -1.36. The molecule has 6 heterocycles. The van der Waals surface area contributed by atoms with Gasteiger partial charge in [0.05, 0.1) is 22.8 Å². The van der Waals surface area contributed by atoms with Crippen LogP contribution in [0.15, 0.2) is 43.5 Å². The van der Waals surface area contributed by atoms with Crippen LogP contribution < -0.4 is 9.97 Å². The van der Waals surface area contributed by atoms with Crippen molar-refractivity contribution < 1.29 is 41.6 Å². The molecule has 3 aliphatic rings. The van der Waals surface area contributed by atoms with Crippen molar-refractivity contribution in [2.75, 3.05) is 0 Å². The van der Waals surface area contributed by atoms with E-state index in [-0.39, 0.29) is 48.4 Å². The number of allylic oxidation sites excluding steroid dienone is 3. The van der Waals surface area contributed by atoms with Gasteiger partial charge in [0.15, 0.2) is 5.60 Å². The Morgan fingerprint density at radius 1 is 0.977 bits per heavy atom. The van der Waals surface area contributed by atoms with Gasteiger partial charge in [-0.2, -0.15) is 0 Å². The molecule has 3 aliphatic heterocycles. The number of aromatic nitrogens is 4. The smallest absolute Gasteiger partial charge is 0.307 e. The van der Waals surface area contributed by atoms with Crippen LogP contribution in [0.3, 0.4) is 0 Å². The number of aliphatic hydroxyl groups is 1. The fraction of sp³-hybridized carbons (Fsp3) is 0.294. The Morgan fingerprint density at radius 3 is 2.27 bits per heavy atom. The molecule has 3 aromatic heterocycles. The number of rotatable bonds is 5. The number of aryl methyl sites for hydroxylation is 3. The third-order valence-corrected chi connectivity index (χ3v) is 9.00. The standard InChI is InChI=1S/C34H33N4O5.Fe/c1-7-20-17(3)23-13-24-19(5)22(9-10-31(39)40)28(37-24)16-30-34(12-11-32(41)43-34)33(6,42)29(38-30)15-27-21(8-2)18(4)25(36-27)14-26(20)35-23;/h7-8,13-16,42H,1-2,9-12H2,3-6H3,(H2-,35,36,37,38,39,40);/q-1;/p-1/t33-,34-;/m0./s1. The van der Waals surface area contributed by atoms with E-state index in [9.17, 15) is 19.8 Å². The molecule has 2 atom stereocenters. The van der Waals surface area contributed by atoms with E-state index in [1.54, 1.807) is 31.2 Å². The third-order valence-electron chi connectivity index (χ3n) is 9.00. The van der Waals surface area contributed by atoms with Gasteiger partial charge in [-0.15, -0.1) is 22.1 Å². The van der Waals surface area contributed by atoms with Crippen LogP contribution in [-0.2, 0) is 49.0 Å². The first-order valence-electron chi connectivity index (χ1n) is 14.2. The van der Waals surface area contributed by atoms with Crippen LogP contribution in [0.5, 0.6) is 0 Å². The first-order chi connectivity index (χ1) is 20.4. The molecule has 0 aromatic carbocycles. The zero-order valence-electron chi connectivity index (χ0n) is 25.0. The van der Waals surface area contributed by atoms with E-state index in [1.807, 2.05) is 32.9 Å². The minimum Gasteiger partial charge on any atom is -0.657 e. The summed E-state index contributed by atoms with van der Waals surface area (Å²) in [6.45, 7) is 15.4. The molecule has 228 valence electrons. The number of ether oxygens (including phenoxy) is 1. The normalized spacial score (nSPS) is 20.9. The van der Waals surface area contributed by atoms with Gasteiger partial charge in [-0.1, -0.05) is 66.3 Å². The molecule has 8 bridgehead atoms. The average molecular weight is 632 g/mol. The molecule has 0 amide bonds. The summed E-state index contributed by atoms with van der Waals surface area (Å²) in [5, 5.41) is 21.5. The molecular formula is C34H32FeN4O5-2. The molecule has 3 aromatic rings. The quantitative estimate of drug-likeness (QED) is 0.280. The maximum absolute atomic E-state index is 12.5. The van der Waals surface area contributed by atoms with Crippen LogP contribution in [0.2, 0.25) is 0 Å². The maximum Gasteiger partial charge on any atom is 0.307 e. The number of fused-ring (bicyclic) bond motifs is 9. The number of hydrogen-bond donors (Lipinski definition) is 2. The van der Waals surface area contributed by atoms with Crippen molar-refractivity contribution in [1.29, 1.82) is 0 Å². The van der Waals surface area contributed by atoms with E-state index >= 15 is 0 Å². The summed E-state index contributed by atoms with van der Waals surface area (Å²) in [6.07, 6.45) is 3.97. The van der Waals surface area contributed by atoms with Crippen LogP contribution in [0.4, 0.5) is 0 Å². The van der Waals surface area contributed by atoms with Crippen LogP contribution >= 0.6 is 0 Å². The first kappa shape index (κ1) is 31.2. The van der Waals surface area contributed by atoms with Gasteiger partial charge in [0.25, 0.3) is 0 Å². The molecule has 1 spiro atoms. The molecule has 9 nitrogen and oxygen atoms in total. The number of carbonyl (C=O) groups is 2. The Kier molecular flexibility index (Phi) is 7.82. The van der Waals surface area contributed by atoms with Crippen LogP contribution in [0.25, 0.3) is 39.3 Å². The van der Waals surface area contributed by atoms with Gasteiger partial charge in [0, 0.05) is 41.9 Å². The second kappa shape index (κ2) is 11.0. The minimum atomic E-state index is -1.68. The van der Waals surface area contributed by atoms with E-state index in [0.717, 1.165) is 33.4 Å². The number of hydrogen-bond acceptors (Lipinski definition) is 6. The van der Waals surface area contributed by atoms with Crippen molar-refractivity contribution in [3.05, 3.63) is 88.5 Å². The van der Waals surface area contributed by atoms with Crippen molar-refractivity contribution in [3.8, 4) is 0 Å². The number of nitrogens with zero attached hydrogens (tertiary/aromatic N) is 4. The molecular weight excluding hydrogens is 600 g/mol. The van der Waals surface area contributed by atoms with Gasteiger partial charge in [0.1, 0.15) is 5.60 Å². The molecule has 0 radical (unpaired) electrons. The Bertz CT molecular complexity index is 1970. The molecule has 1 fully saturated rings. The van der Waals surface area contributed by atoms with Gasteiger partial charge in [0.2, 0.25) is 0 Å². The number of carboxylic acids is 1. The summed E-state index contributed by atoms with van der Waals surface area (Å²) in [5.41, 5.74) is 6.36. The fourth-order valence-electron chi connectivity index (χ4n) is 6.38. The van der Waals surface area contributed by atoms with Crippen LogP contribution in [-0.4, -0.2) is 32.1 Å². The fourth-order valence-corrected chi connectivity index (χ4v) is 6.38. The predicted molar refractivity (Wildman–Crippen MR) is 164 cm³/mol. The van der Waals surface area contributed by atoms with Gasteiger partial charge < -0.3 is 24.9 Å². The Balaban J connectivity index is 0.00000384. The zero-order chi connectivity index (χ0) is 30.8. The number of carbonyl (C=O) groups excluding carboxylic acids is 1. The van der Waals surface area contributed by atoms with Crippen molar-refractivity contribution in [3.63, 3.8) is 0 Å². The molecule has 0 aliphatic carbocycles. The second-order valence-corrected chi connectivity index (χ2v) is 11.5. The predicted octanol–water partition coefficient (Wildman–Crippen LogP) is 5.40. The molecule has 0 saturated carbocycles. The molecule has 1 saturated heterocycles. The van der Waals surface area contributed by atoms with Gasteiger partial charge >= 0.3 is 11.9 Å². The van der Waals surface area contributed by atoms with Crippen molar-refractivity contribution in [2.24, 2.45) is 0 Å². The van der Waals surface area contributed by atoms with E-state index in [2.05, 4.69) is 13.2 Å². The van der Waals surface area contributed by atoms with Gasteiger partial charge in [-0.25, -0.2) is 4.98 Å². The molecule has 10 heteroatoms. The van der Waals surface area contributed by atoms with Gasteiger partial charge in [-0.3, -0.25) is 14.6 Å². The summed E-state index contributed by atoms with van der Waals surface area (Å²) >= 11 is 0. The van der Waals surface area contributed by atoms with Crippen LogP contribution in [0.1, 0.15) is 78.1 Å². The van der Waals surface area contributed by atoms with Crippen molar-refractivity contribution in [2.45, 2.75) is 64.6 Å². The number of esters is 1. The Hall–Kier alpha value is -4.24. The first-order valence-corrected chi connectivity index (χ1v) is 14.2. The monoisotopic (exact) mass is 632 g/mol. The maximum atomic E-state index is 12.5.